The second-order valence-corrected chi connectivity index (χ2v) is 5.42. The van der Waals surface area contributed by atoms with Gasteiger partial charge in [0.2, 0.25) is 0 Å². The number of rotatable bonds is 2. The highest BCUT2D eigenvalue weighted by atomic mass is 19.1. The first-order valence-corrected chi connectivity index (χ1v) is 6.61. The van der Waals surface area contributed by atoms with Crippen LogP contribution < -0.4 is 4.74 Å². The molecule has 1 N–H and O–H groups in total. The average molecular weight is 252 g/mol. The van der Waals surface area contributed by atoms with Gasteiger partial charge in [0, 0.05) is 0 Å². The highest BCUT2D eigenvalue weighted by Crippen LogP contribution is 2.38. The normalized spacial score (nSPS) is 28.8. The van der Waals surface area contributed by atoms with Crippen LogP contribution in [0.4, 0.5) is 4.39 Å². The monoisotopic (exact) mass is 252 g/mol. The maximum Gasteiger partial charge on any atom is 0.165 e. The van der Waals surface area contributed by atoms with E-state index in [-0.39, 0.29) is 5.75 Å². The molecule has 2 nitrogen and oxygen atoms in total. The fraction of sp³-hybridized carbons (Fsp3) is 0.600. The van der Waals surface area contributed by atoms with Crippen molar-refractivity contribution >= 4 is 0 Å². The summed E-state index contributed by atoms with van der Waals surface area (Å²) < 4.78 is 18.6. The van der Waals surface area contributed by atoms with E-state index >= 15 is 0 Å². The number of ether oxygens (including phenoxy) is 1. The molecule has 0 aliphatic heterocycles. The van der Waals surface area contributed by atoms with Crippen LogP contribution in [0.1, 0.15) is 44.6 Å². The Morgan fingerprint density at radius 1 is 1.33 bits per heavy atom. The van der Waals surface area contributed by atoms with Crippen LogP contribution in [0.3, 0.4) is 0 Å². The number of methoxy groups -OCH3 is 1. The Kier molecular flexibility index (Phi) is 3.91. The maximum atomic E-state index is 13.7. The van der Waals surface area contributed by atoms with E-state index in [1.807, 2.05) is 0 Å². The minimum absolute atomic E-state index is 0.226. The molecule has 1 aromatic carbocycles. The second kappa shape index (κ2) is 5.27. The number of aliphatic hydroxyl groups is 1. The van der Waals surface area contributed by atoms with Crippen LogP contribution in [0.25, 0.3) is 0 Å². The number of hydrogen-bond acceptors (Lipinski definition) is 2. The SMILES string of the molecule is COc1ccc(C2(O)CCCC(C)CC2)cc1F. The van der Waals surface area contributed by atoms with E-state index in [0.717, 1.165) is 19.3 Å². The van der Waals surface area contributed by atoms with Crippen molar-refractivity contribution in [3.63, 3.8) is 0 Å². The topological polar surface area (TPSA) is 29.5 Å². The molecule has 0 heterocycles. The first-order valence-electron chi connectivity index (χ1n) is 6.61. The molecule has 2 atom stereocenters. The Morgan fingerprint density at radius 2 is 2.11 bits per heavy atom. The first-order chi connectivity index (χ1) is 8.55. The molecule has 0 amide bonds. The van der Waals surface area contributed by atoms with Gasteiger partial charge in [0.1, 0.15) is 0 Å². The lowest BCUT2D eigenvalue weighted by molar-refractivity contribution is 0.0195. The van der Waals surface area contributed by atoms with Crippen molar-refractivity contribution in [3.8, 4) is 5.75 Å². The van der Waals surface area contributed by atoms with E-state index in [1.165, 1.54) is 13.2 Å². The van der Waals surface area contributed by atoms with Crippen molar-refractivity contribution in [2.45, 2.75) is 44.6 Å². The summed E-state index contributed by atoms with van der Waals surface area (Å²) in [5, 5.41) is 10.7. The van der Waals surface area contributed by atoms with Gasteiger partial charge in [-0.25, -0.2) is 4.39 Å². The zero-order valence-corrected chi connectivity index (χ0v) is 11.1. The Hall–Kier alpha value is -1.09. The zero-order chi connectivity index (χ0) is 13.2. The van der Waals surface area contributed by atoms with Crippen LogP contribution in [0.5, 0.6) is 5.75 Å². The van der Waals surface area contributed by atoms with Gasteiger partial charge in [0.05, 0.1) is 12.7 Å². The highest BCUT2D eigenvalue weighted by molar-refractivity contribution is 5.32. The summed E-state index contributed by atoms with van der Waals surface area (Å²) in [5.74, 6) is 0.465. The van der Waals surface area contributed by atoms with Crippen LogP contribution in [-0.4, -0.2) is 12.2 Å². The highest BCUT2D eigenvalue weighted by Gasteiger charge is 2.32. The van der Waals surface area contributed by atoms with Crippen molar-refractivity contribution in [1.82, 2.24) is 0 Å². The summed E-state index contributed by atoms with van der Waals surface area (Å²) in [6, 6.07) is 4.78. The third-order valence-corrected chi connectivity index (χ3v) is 4.03. The molecule has 0 radical (unpaired) electrons. The molecule has 1 aliphatic carbocycles. The fourth-order valence-corrected chi connectivity index (χ4v) is 2.74. The summed E-state index contributed by atoms with van der Waals surface area (Å²) in [7, 11) is 1.44. The molecule has 1 aliphatic rings. The van der Waals surface area contributed by atoms with Crippen LogP contribution in [-0.2, 0) is 5.60 Å². The van der Waals surface area contributed by atoms with Gasteiger partial charge in [0.15, 0.2) is 11.6 Å². The maximum absolute atomic E-state index is 13.7. The van der Waals surface area contributed by atoms with Gasteiger partial charge in [0.25, 0.3) is 0 Å². The summed E-state index contributed by atoms with van der Waals surface area (Å²) in [5.41, 5.74) is -0.201. The molecule has 0 aromatic heterocycles. The molecule has 0 spiro atoms. The molecule has 3 heteroatoms. The third kappa shape index (κ3) is 2.66. The Balaban J connectivity index is 2.26. The van der Waals surface area contributed by atoms with E-state index < -0.39 is 11.4 Å². The van der Waals surface area contributed by atoms with Crippen LogP contribution in [0.15, 0.2) is 18.2 Å². The van der Waals surface area contributed by atoms with Crippen LogP contribution in [0, 0.1) is 11.7 Å². The fourth-order valence-electron chi connectivity index (χ4n) is 2.74. The lowest BCUT2D eigenvalue weighted by Gasteiger charge is -2.27. The average Bonchev–Trinajstić information content (AvgIpc) is 2.52. The smallest absolute Gasteiger partial charge is 0.165 e. The summed E-state index contributed by atoms with van der Waals surface area (Å²) in [6.45, 7) is 2.21. The molecule has 2 rings (SSSR count). The molecule has 1 fully saturated rings. The number of halogens is 1. The van der Waals surface area contributed by atoms with Gasteiger partial charge < -0.3 is 9.84 Å². The van der Waals surface area contributed by atoms with E-state index in [4.69, 9.17) is 4.74 Å². The number of hydrogen-bond donors (Lipinski definition) is 1. The van der Waals surface area contributed by atoms with E-state index in [9.17, 15) is 9.50 Å². The van der Waals surface area contributed by atoms with Crippen molar-refractivity contribution in [2.24, 2.45) is 5.92 Å². The van der Waals surface area contributed by atoms with E-state index in [1.54, 1.807) is 12.1 Å². The van der Waals surface area contributed by atoms with Gasteiger partial charge in [-0.05, 0) is 49.3 Å². The second-order valence-electron chi connectivity index (χ2n) is 5.42. The molecular formula is C15H21FO2. The third-order valence-electron chi connectivity index (χ3n) is 4.03. The lowest BCUT2D eigenvalue weighted by Crippen LogP contribution is -2.25. The first kappa shape index (κ1) is 13.3. The number of benzene rings is 1. The minimum Gasteiger partial charge on any atom is -0.494 e. The predicted octanol–water partition coefficient (Wildman–Crippen LogP) is 3.62. The van der Waals surface area contributed by atoms with Gasteiger partial charge >= 0.3 is 0 Å². The Labute approximate surface area is 108 Å². The quantitative estimate of drug-likeness (QED) is 0.815. The van der Waals surface area contributed by atoms with Gasteiger partial charge in [-0.3, -0.25) is 0 Å². The molecule has 0 bridgehead atoms. The van der Waals surface area contributed by atoms with Crippen molar-refractivity contribution in [3.05, 3.63) is 29.6 Å². The molecule has 18 heavy (non-hydrogen) atoms. The predicted molar refractivity (Wildman–Crippen MR) is 69.1 cm³/mol. The van der Waals surface area contributed by atoms with Crippen LogP contribution >= 0.6 is 0 Å². The Bertz CT molecular complexity index is 419. The standard InChI is InChI=1S/C15H21FO2/c1-11-4-3-8-15(17,9-7-11)12-5-6-14(18-2)13(16)10-12/h5-6,10-11,17H,3-4,7-9H2,1-2H3. The summed E-state index contributed by atoms with van der Waals surface area (Å²) >= 11 is 0. The molecule has 2 unspecified atom stereocenters. The van der Waals surface area contributed by atoms with E-state index in [0.29, 0.717) is 24.3 Å². The van der Waals surface area contributed by atoms with Gasteiger partial charge in [-0.1, -0.05) is 19.4 Å². The largest absolute Gasteiger partial charge is 0.494 e. The van der Waals surface area contributed by atoms with Gasteiger partial charge in [-0.2, -0.15) is 0 Å². The van der Waals surface area contributed by atoms with E-state index in [2.05, 4.69) is 6.92 Å². The molecular weight excluding hydrogens is 231 g/mol. The molecule has 0 saturated heterocycles. The van der Waals surface area contributed by atoms with Crippen LogP contribution in [0.2, 0.25) is 0 Å². The molecule has 100 valence electrons. The van der Waals surface area contributed by atoms with Crippen molar-refractivity contribution in [2.75, 3.05) is 7.11 Å². The summed E-state index contributed by atoms with van der Waals surface area (Å²) in [4.78, 5) is 0. The van der Waals surface area contributed by atoms with Crippen molar-refractivity contribution in [1.29, 1.82) is 0 Å². The minimum atomic E-state index is -0.877. The lowest BCUT2D eigenvalue weighted by atomic mass is 9.86. The zero-order valence-electron chi connectivity index (χ0n) is 11.1. The van der Waals surface area contributed by atoms with Crippen molar-refractivity contribution < 1.29 is 14.2 Å². The Morgan fingerprint density at radius 3 is 2.78 bits per heavy atom. The molecule has 1 saturated carbocycles. The molecule has 1 aromatic rings. The summed E-state index contributed by atoms with van der Waals surface area (Å²) in [6.07, 6.45) is 4.54. The van der Waals surface area contributed by atoms with Gasteiger partial charge in [-0.15, -0.1) is 0 Å².